The molecule has 0 saturated heterocycles. The maximum Gasteiger partial charge on any atom is 0.277 e. The van der Waals surface area contributed by atoms with Gasteiger partial charge in [0.15, 0.2) is 6.61 Å². The molecule has 26 heavy (non-hydrogen) atoms. The number of carbonyl (C=O) groups is 2. The quantitative estimate of drug-likeness (QED) is 0.506. The molecular formula is C18H20BrN3O4. The van der Waals surface area contributed by atoms with Crippen LogP contribution in [-0.4, -0.2) is 24.1 Å². The Labute approximate surface area is 159 Å². The number of halogens is 1. The van der Waals surface area contributed by atoms with Crippen molar-refractivity contribution in [1.29, 1.82) is 0 Å². The highest BCUT2D eigenvalue weighted by Gasteiger charge is 2.07. The third-order valence-electron chi connectivity index (χ3n) is 3.33. The number of benzene rings is 1. The van der Waals surface area contributed by atoms with E-state index in [1.807, 2.05) is 19.1 Å². The predicted octanol–water partition coefficient (Wildman–Crippen LogP) is 2.93. The molecule has 0 aliphatic heterocycles. The Morgan fingerprint density at radius 1 is 1.27 bits per heavy atom. The van der Waals surface area contributed by atoms with Crippen LogP contribution in [0.2, 0.25) is 0 Å². The van der Waals surface area contributed by atoms with Crippen molar-refractivity contribution in [3.05, 3.63) is 52.4 Å². The van der Waals surface area contributed by atoms with Crippen LogP contribution in [0.25, 0.3) is 0 Å². The summed E-state index contributed by atoms with van der Waals surface area (Å²) in [7, 11) is 0. The molecule has 7 nitrogen and oxygen atoms in total. The Morgan fingerprint density at radius 2 is 2.08 bits per heavy atom. The van der Waals surface area contributed by atoms with Crippen molar-refractivity contribution in [3.63, 3.8) is 0 Å². The van der Waals surface area contributed by atoms with Crippen LogP contribution in [0.3, 0.4) is 0 Å². The van der Waals surface area contributed by atoms with Crippen LogP contribution < -0.4 is 15.5 Å². The van der Waals surface area contributed by atoms with E-state index in [9.17, 15) is 9.59 Å². The fourth-order valence-corrected chi connectivity index (χ4v) is 2.23. The van der Waals surface area contributed by atoms with Crippen LogP contribution in [0.4, 0.5) is 0 Å². The van der Waals surface area contributed by atoms with E-state index in [0.717, 1.165) is 10.0 Å². The summed E-state index contributed by atoms with van der Waals surface area (Å²) in [5.41, 5.74) is 3.86. The molecule has 0 radical (unpaired) electrons. The van der Waals surface area contributed by atoms with Crippen molar-refractivity contribution in [1.82, 2.24) is 10.7 Å². The number of hydrazone groups is 1. The molecule has 2 rings (SSSR count). The molecule has 1 aromatic carbocycles. The molecule has 0 unspecified atom stereocenters. The Bertz CT molecular complexity index is 788. The van der Waals surface area contributed by atoms with Gasteiger partial charge in [-0.1, -0.05) is 15.9 Å². The normalized spacial score (nSPS) is 11.1. The Kier molecular flexibility index (Phi) is 7.40. The standard InChI is InChI=1S/C18H20BrN3O4/c1-12-8-14(5-6-16(12)19)26-11-18(24)22-21-13(2)9-17(23)20-10-15-4-3-7-25-15/h3-8H,9-11H2,1-2H3,(H,20,23)(H,22,24)/b21-13-. The van der Waals surface area contributed by atoms with Crippen molar-refractivity contribution >= 4 is 33.5 Å². The average Bonchev–Trinajstić information content (AvgIpc) is 3.13. The van der Waals surface area contributed by atoms with Crippen LogP contribution in [0.5, 0.6) is 5.75 Å². The third-order valence-corrected chi connectivity index (χ3v) is 4.22. The SMILES string of the molecule is C/C(CC(=O)NCc1ccco1)=N/NC(=O)COc1ccc(Br)c(C)c1. The highest BCUT2D eigenvalue weighted by Crippen LogP contribution is 2.21. The second kappa shape index (κ2) is 9.76. The van der Waals surface area contributed by atoms with Gasteiger partial charge in [-0.05, 0) is 49.7 Å². The summed E-state index contributed by atoms with van der Waals surface area (Å²) < 4.78 is 11.5. The number of amides is 2. The van der Waals surface area contributed by atoms with Gasteiger partial charge in [-0.25, -0.2) is 5.43 Å². The smallest absolute Gasteiger partial charge is 0.277 e. The van der Waals surface area contributed by atoms with Gasteiger partial charge in [-0.2, -0.15) is 5.10 Å². The second-order valence-corrected chi connectivity index (χ2v) is 6.47. The minimum Gasteiger partial charge on any atom is -0.484 e. The van der Waals surface area contributed by atoms with Gasteiger partial charge in [0.25, 0.3) is 5.91 Å². The van der Waals surface area contributed by atoms with Gasteiger partial charge in [-0.3, -0.25) is 9.59 Å². The predicted molar refractivity (Wildman–Crippen MR) is 101 cm³/mol. The highest BCUT2D eigenvalue weighted by atomic mass is 79.9. The molecule has 0 bridgehead atoms. The molecular weight excluding hydrogens is 402 g/mol. The molecule has 2 N–H and O–H groups in total. The van der Waals surface area contributed by atoms with Crippen LogP contribution in [0, 0.1) is 6.92 Å². The number of furan rings is 1. The first kappa shape index (κ1) is 19.7. The highest BCUT2D eigenvalue weighted by molar-refractivity contribution is 9.10. The van der Waals surface area contributed by atoms with E-state index in [-0.39, 0.29) is 18.9 Å². The lowest BCUT2D eigenvalue weighted by atomic mass is 10.2. The van der Waals surface area contributed by atoms with Crippen LogP contribution in [-0.2, 0) is 16.1 Å². The molecule has 8 heteroatoms. The van der Waals surface area contributed by atoms with Gasteiger partial charge in [0.1, 0.15) is 11.5 Å². The summed E-state index contributed by atoms with van der Waals surface area (Å²) in [5.74, 6) is 0.653. The van der Waals surface area contributed by atoms with Crippen molar-refractivity contribution in [2.75, 3.05) is 6.61 Å². The lowest BCUT2D eigenvalue weighted by molar-refractivity contribution is -0.123. The molecule has 0 spiro atoms. The molecule has 138 valence electrons. The van der Waals surface area contributed by atoms with Crippen LogP contribution >= 0.6 is 15.9 Å². The first-order valence-corrected chi connectivity index (χ1v) is 8.73. The van der Waals surface area contributed by atoms with E-state index in [0.29, 0.717) is 23.8 Å². The number of carbonyl (C=O) groups excluding carboxylic acids is 2. The van der Waals surface area contributed by atoms with Crippen molar-refractivity contribution in [2.45, 2.75) is 26.8 Å². The van der Waals surface area contributed by atoms with Gasteiger partial charge in [-0.15, -0.1) is 0 Å². The summed E-state index contributed by atoms with van der Waals surface area (Å²) in [6.07, 6.45) is 1.62. The van der Waals surface area contributed by atoms with Gasteiger partial charge in [0, 0.05) is 10.2 Å². The lowest BCUT2D eigenvalue weighted by Crippen LogP contribution is -2.28. The van der Waals surface area contributed by atoms with Crippen molar-refractivity contribution in [3.8, 4) is 5.75 Å². The largest absolute Gasteiger partial charge is 0.484 e. The molecule has 0 fully saturated rings. The number of rotatable bonds is 8. The van der Waals surface area contributed by atoms with Crippen molar-refractivity contribution < 1.29 is 18.7 Å². The summed E-state index contributed by atoms with van der Waals surface area (Å²) in [6, 6.07) is 8.97. The van der Waals surface area contributed by atoms with E-state index in [1.54, 1.807) is 31.4 Å². The summed E-state index contributed by atoms with van der Waals surface area (Å²) in [5, 5.41) is 6.60. The second-order valence-electron chi connectivity index (χ2n) is 5.61. The van der Waals surface area contributed by atoms with Crippen LogP contribution in [0.15, 0.2) is 50.6 Å². The third kappa shape index (κ3) is 6.72. The van der Waals surface area contributed by atoms with Crippen molar-refractivity contribution in [2.24, 2.45) is 5.10 Å². The van der Waals surface area contributed by atoms with Gasteiger partial charge < -0.3 is 14.5 Å². The molecule has 0 atom stereocenters. The zero-order valence-corrected chi connectivity index (χ0v) is 16.1. The number of nitrogens with zero attached hydrogens (tertiary/aromatic N) is 1. The summed E-state index contributed by atoms with van der Waals surface area (Å²) in [6.45, 7) is 3.74. The van der Waals surface area contributed by atoms with Crippen LogP contribution in [0.1, 0.15) is 24.7 Å². The molecule has 1 heterocycles. The molecule has 2 amide bonds. The minimum absolute atomic E-state index is 0.0771. The number of hydrogen-bond acceptors (Lipinski definition) is 5. The molecule has 0 aliphatic rings. The Balaban J connectivity index is 1.70. The summed E-state index contributed by atoms with van der Waals surface area (Å²) in [4.78, 5) is 23.6. The molecule has 2 aromatic rings. The average molecular weight is 422 g/mol. The molecule has 1 aromatic heterocycles. The zero-order valence-electron chi connectivity index (χ0n) is 14.5. The number of hydrogen-bond donors (Lipinski definition) is 2. The molecule has 0 saturated carbocycles. The fourth-order valence-electron chi connectivity index (χ4n) is 1.98. The maximum absolute atomic E-state index is 11.8. The summed E-state index contributed by atoms with van der Waals surface area (Å²) >= 11 is 3.40. The topological polar surface area (TPSA) is 92.9 Å². The maximum atomic E-state index is 11.8. The number of nitrogens with one attached hydrogen (secondary N) is 2. The van der Waals surface area contributed by atoms with E-state index in [4.69, 9.17) is 9.15 Å². The van der Waals surface area contributed by atoms with E-state index in [2.05, 4.69) is 31.8 Å². The van der Waals surface area contributed by atoms with Gasteiger partial charge in [0.05, 0.1) is 19.2 Å². The Hall–Kier alpha value is -2.61. The first-order valence-electron chi connectivity index (χ1n) is 7.94. The zero-order chi connectivity index (χ0) is 18.9. The monoisotopic (exact) mass is 421 g/mol. The fraction of sp³-hybridized carbons (Fsp3) is 0.278. The Morgan fingerprint density at radius 3 is 2.77 bits per heavy atom. The van der Waals surface area contributed by atoms with E-state index < -0.39 is 5.91 Å². The lowest BCUT2D eigenvalue weighted by Gasteiger charge is -2.07. The number of ether oxygens (including phenoxy) is 1. The van der Waals surface area contributed by atoms with E-state index >= 15 is 0 Å². The minimum atomic E-state index is -0.402. The first-order chi connectivity index (χ1) is 12.4. The van der Waals surface area contributed by atoms with Gasteiger partial charge >= 0.3 is 0 Å². The number of aryl methyl sites for hydroxylation is 1. The molecule has 0 aliphatic carbocycles. The van der Waals surface area contributed by atoms with E-state index in [1.165, 1.54) is 0 Å². The van der Waals surface area contributed by atoms with Gasteiger partial charge in [0.2, 0.25) is 5.91 Å².